The summed E-state index contributed by atoms with van der Waals surface area (Å²) in [5.74, 6) is -0.524. The summed E-state index contributed by atoms with van der Waals surface area (Å²) in [6, 6.07) is 11.3. The predicted octanol–water partition coefficient (Wildman–Crippen LogP) is 4.37. The molecule has 0 aliphatic rings. The maximum absolute atomic E-state index is 13.1. The molecular weight excluding hydrogens is 321 g/mol. The monoisotopic (exact) mass is 329 g/mol. The van der Waals surface area contributed by atoms with Crippen LogP contribution in [-0.4, -0.2) is 10.8 Å². The van der Waals surface area contributed by atoms with Gasteiger partial charge in [0.15, 0.2) is 5.78 Å². The number of pyridine rings is 1. The first-order chi connectivity index (χ1) is 9.66. The fourth-order valence-corrected chi connectivity index (χ4v) is 2.67. The number of aromatic nitrogens is 1. The third-order valence-electron chi connectivity index (χ3n) is 3.10. The molecule has 3 aromatic rings. The van der Waals surface area contributed by atoms with Crippen LogP contribution in [0.5, 0.6) is 0 Å². The van der Waals surface area contributed by atoms with Crippen molar-refractivity contribution >= 4 is 32.5 Å². The van der Waals surface area contributed by atoms with E-state index in [1.807, 2.05) is 12.1 Å². The van der Waals surface area contributed by atoms with Gasteiger partial charge in [0, 0.05) is 33.4 Å². The molecule has 0 amide bonds. The van der Waals surface area contributed by atoms with Gasteiger partial charge in [-0.15, -0.1) is 0 Å². The second-order valence-corrected chi connectivity index (χ2v) is 5.21. The molecule has 0 radical (unpaired) electrons. The third kappa shape index (κ3) is 2.23. The van der Waals surface area contributed by atoms with Crippen molar-refractivity contribution in [3.05, 3.63) is 76.3 Å². The summed E-state index contributed by atoms with van der Waals surface area (Å²) in [6.45, 7) is 0. The summed E-state index contributed by atoms with van der Waals surface area (Å²) in [5.41, 5.74) is 1.02. The zero-order valence-corrected chi connectivity index (χ0v) is 11.9. The highest BCUT2D eigenvalue weighted by atomic mass is 79.9. The first-order valence-electron chi connectivity index (χ1n) is 5.99. The van der Waals surface area contributed by atoms with Crippen molar-refractivity contribution in [3.8, 4) is 0 Å². The largest absolute Gasteiger partial charge is 0.289 e. The Labute approximate surface area is 123 Å². The molecule has 0 aliphatic heterocycles. The minimum atomic E-state index is -0.379. The molecular formula is C16H9BrFNO. The van der Waals surface area contributed by atoms with Crippen LogP contribution in [0.2, 0.25) is 0 Å². The van der Waals surface area contributed by atoms with E-state index in [9.17, 15) is 9.18 Å². The second-order valence-electron chi connectivity index (χ2n) is 4.36. The predicted molar refractivity (Wildman–Crippen MR) is 79.3 cm³/mol. The average Bonchev–Trinajstić information content (AvgIpc) is 2.46. The van der Waals surface area contributed by atoms with Crippen molar-refractivity contribution in [2.24, 2.45) is 0 Å². The van der Waals surface area contributed by atoms with Gasteiger partial charge in [-0.1, -0.05) is 18.2 Å². The molecule has 0 unspecified atom stereocenters. The lowest BCUT2D eigenvalue weighted by molar-refractivity contribution is 0.103. The standard InChI is InChI=1S/C16H9BrFNO/c17-15-8-11(18)4-5-14(15)16(20)13-3-1-2-10-9-19-7-6-12(10)13/h1-9H. The lowest BCUT2D eigenvalue weighted by Crippen LogP contribution is -2.03. The summed E-state index contributed by atoms with van der Waals surface area (Å²) >= 11 is 3.24. The van der Waals surface area contributed by atoms with Gasteiger partial charge in [0.05, 0.1) is 0 Å². The van der Waals surface area contributed by atoms with E-state index in [0.717, 1.165) is 10.8 Å². The van der Waals surface area contributed by atoms with E-state index in [1.165, 1.54) is 18.2 Å². The number of hydrogen-bond acceptors (Lipinski definition) is 2. The number of carbonyl (C=O) groups excluding carboxylic acids is 1. The fraction of sp³-hybridized carbons (Fsp3) is 0. The molecule has 2 aromatic carbocycles. The highest BCUT2D eigenvalue weighted by molar-refractivity contribution is 9.10. The van der Waals surface area contributed by atoms with Gasteiger partial charge in [-0.25, -0.2) is 4.39 Å². The van der Waals surface area contributed by atoms with Crippen molar-refractivity contribution < 1.29 is 9.18 Å². The number of rotatable bonds is 2. The van der Waals surface area contributed by atoms with E-state index < -0.39 is 0 Å². The first kappa shape index (κ1) is 12.9. The van der Waals surface area contributed by atoms with Crippen LogP contribution in [0.3, 0.4) is 0 Å². The van der Waals surface area contributed by atoms with Gasteiger partial charge in [-0.05, 0) is 45.6 Å². The Morgan fingerprint density at radius 1 is 1.10 bits per heavy atom. The Morgan fingerprint density at radius 3 is 2.75 bits per heavy atom. The molecule has 0 atom stereocenters. The summed E-state index contributed by atoms with van der Waals surface area (Å²) in [4.78, 5) is 16.7. The normalized spacial score (nSPS) is 10.7. The molecule has 0 saturated heterocycles. The Bertz CT molecular complexity index is 811. The van der Waals surface area contributed by atoms with E-state index in [4.69, 9.17) is 0 Å². The lowest BCUT2D eigenvalue weighted by Gasteiger charge is -2.07. The van der Waals surface area contributed by atoms with Crippen molar-refractivity contribution in [1.29, 1.82) is 0 Å². The second kappa shape index (κ2) is 5.13. The van der Waals surface area contributed by atoms with Crippen molar-refractivity contribution in [2.45, 2.75) is 0 Å². The highest BCUT2D eigenvalue weighted by Crippen LogP contribution is 2.25. The van der Waals surface area contributed by atoms with Crippen molar-refractivity contribution in [3.63, 3.8) is 0 Å². The molecule has 0 fully saturated rings. The maximum atomic E-state index is 13.1. The van der Waals surface area contributed by atoms with Crippen molar-refractivity contribution in [1.82, 2.24) is 4.98 Å². The number of ketones is 1. The highest BCUT2D eigenvalue weighted by Gasteiger charge is 2.15. The van der Waals surface area contributed by atoms with Crippen LogP contribution in [0, 0.1) is 5.82 Å². The van der Waals surface area contributed by atoms with Crippen LogP contribution in [0.4, 0.5) is 4.39 Å². The van der Waals surface area contributed by atoms with E-state index in [0.29, 0.717) is 15.6 Å². The van der Waals surface area contributed by atoms with E-state index in [-0.39, 0.29) is 11.6 Å². The quantitative estimate of drug-likeness (QED) is 0.653. The summed E-state index contributed by atoms with van der Waals surface area (Å²) in [7, 11) is 0. The van der Waals surface area contributed by atoms with Gasteiger partial charge >= 0.3 is 0 Å². The molecule has 0 aliphatic carbocycles. The molecule has 20 heavy (non-hydrogen) atoms. The third-order valence-corrected chi connectivity index (χ3v) is 3.76. The van der Waals surface area contributed by atoms with Gasteiger partial charge in [0.25, 0.3) is 0 Å². The van der Waals surface area contributed by atoms with Crippen LogP contribution < -0.4 is 0 Å². The minimum absolute atomic E-state index is 0.145. The zero-order chi connectivity index (χ0) is 14.1. The number of nitrogens with zero attached hydrogens (tertiary/aromatic N) is 1. The number of halogens is 2. The van der Waals surface area contributed by atoms with E-state index in [2.05, 4.69) is 20.9 Å². The van der Waals surface area contributed by atoms with Crippen molar-refractivity contribution in [2.75, 3.05) is 0 Å². The molecule has 1 aromatic heterocycles. The average molecular weight is 330 g/mol. The summed E-state index contributed by atoms with van der Waals surface area (Å²) in [5, 5.41) is 1.74. The Kier molecular flexibility index (Phi) is 3.32. The Balaban J connectivity index is 2.18. The molecule has 0 N–H and O–H groups in total. The number of hydrogen-bond donors (Lipinski definition) is 0. The molecule has 98 valence electrons. The summed E-state index contributed by atoms with van der Waals surface area (Å²) in [6.07, 6.45) is 3.37. The lowest BCUT2D eigenvalue weighted by atomic mass is 9.98. The first-order valence-corrected chi connectivity index (χ1v) is 6.78. The van der Waals surface area contributed by atoms with Gasteiger partial charge < -0.3 is 0 Å². The molecule has 1 heterocycles. The van der Waals surface area contributed by atoms with E-state index in [1.54, 1.807) is 24.5 Å². The summed E-state index contributed by atoms with van der Waals surface area (Å²) < 4.78 is 13.6. The molecule has 2 nitrogen and oxygen atoms in total. The molecule has 0 bridgehead atoms. The van der Waals surface area contributed by atoms with Crippen LogP contribution in [-0.2, 0) is 0 Å². The zero-order valence-electron chi connectivity index (χ0n) is 10.3. The van der Waals surface area contributed by atoms with Gasteiger partial charge in [0.1, 0.15) is 5.82 Å². The number of carbonyl (C=O) groups is 1. The fourth-order valence-electron chi connectivity index (χ4n) is 2.14. The van der Waals surface area contributed by atoms with Crippen LogP contribution in [0.1, 0.15) is 15.9 Å². The van der Waals surface area contributed by atoms with Gasteiger partial charge in [-0.3, -0.25) is 9.78 Å². The number of benzene rings is 2. The molecule has 0 spiro atoms. The minimum Gasteiger partial charge on any atom is -0.289 e. The Morgan fingerprint density at radius 2 is 1.95 bits per heavy atom. The molecule has 4 heteroatoms. The van der Waals surface area contributed by atoms with Gasteiger partial charge in [-0.2, -0.15) is 0 Å². The molecule has 0 saturated carbocycles. The van der Waals surface area contributed by atoms with Gasteiger partial charge in [0.2, 0.25) is 0 Å². The van der Waals surface area contributed by atoms with Crippen LogP contribution in [0.15, 0.2) is 59.3 Å². The SMILES string of the molecule is O=C(c1ccc(F)cc1Br)c1cccc2cnccc12. The molecule has 3 rings (SSSR count). The van der Waals surface area contributed by atoms with E-state index >= 15 is 0 Å². The number of fused-ring (bicyclic) bond motifs is 1. The van der Waals surface area contributed by atoms with Crippen LogP contribution in [0.25, 0.3) is 10.8 Å². The maximum Gasteiger partial charge on any atom is 0.194 e. The van der Waals surface area contributed by atoms with Crippen LogP contribution >= 0.6 is 15.9 Å². The Hall–Kier alpha value is -2.07. The topological polar surface area (TPSA) is 30.0 Å². The smallest absolute Gasteiger partial charge is 0.194 e.